The minimum atomic E-state index is -0.245. The smallest absolute Gasteiger partial charge is 0.222 e. The molecule has 1 aromatic carbocycles. The van der Waals surface area contributed by atoms with Crippen LogP contribution in [0.3, 0.4) is 0 Å². The van der Waals surface area contributed by atoms with Crippen LogP contribution in [0.15, 0.2) is 22.7 Å². The Balaban J connectivity index is 0.00000324. The third-order valence-electron chi connectivity index (χ3n) is 2.50. The van der Waals surface area contributed by atoms with Crippen molar-refractivity contribution in [3.63, 3.8) is 0 Å². The van der Waals surface area contributed by atoms with Gasteiger partial charge in [0.05, 0.1) is 12.5 Å². The highest BCUT2D eigenvalue weighted by Gasteiger charge is 2.11. The maximum Gasteiger partial charge on any atom is 0.222 e. The number of hydrogen-bond acceptors (Lipinski definition) is 3. The number of halogens is 3. The van der Waals surface area contributed by atoms with Gasteiger partial charge in [0, 0.05) is 29.7 Å². The third kappa shape index (κ3) is 6.58. The summed E-state index contributed by atoms with van der Waals surface area (Å²) < 4.78 is 5.95. The molecule has 0 bridgehead atoms. The van der Waals surface area contributed by atoms with E-state index < -0.39 is 0 Å². The molecule has 1 rings (SSSR count). The van der Waals surface area contributed by atoms with Gasteiger partial charge in [0.15, 0.2) is 0 Å². The number of amides is 1. The molecule has 108 valence electrons. The van der Waals surface area contributed by atoms with Gasteiger partial charge in [0.1, 0.15) is 0 Å². The highest BCUT2D eigenvalue weighted by atomic mass is 79.9. The molecule has 0 aliphatic rings. The molecule has 7 heteroatoms. The van der Waals surface area contributed by atoms with Gasteiger partial charge in [0.2, 0.25) is 5.91 Å². The van der Waals surface area contributed by atoms with Gasteiger partial charge in [-0.3, -0.25) is 4.79 Å². The molecule has 0 spiro atoms. The van der Waals surface area contributed by atoms with Crippen molar-refractivity contribution in [1.29, 1.82) is 0 Å². The van der Waals surface area contributed by atoms with Gasteiger partial charge in [-0.15, -0.1) is 12.4 Å². The Morgan fingerprint density at radius 2 is 2.26 bits per heavy atom. The van der Waals surface area contributed by atoms with Crippen LogP contribution in [0.5, 0.6) is 0 Å². The first-order valence-electron chi connectivity index (χ1n) is 5.50. The van der Waals surface area contributed by atoms with Crippen LogP contribution in [-0.4, -0.2) is 25.7 Å². The molecular formula is C12H17BrCl2N2O2. The molecular weight excluding hydrogens is 355 g/mol. The van der Waals surface area contributed by atoms with Crippen molar-refractivity contribution in [1.82, 2.24) is 5.32 Å². The summed E-state index contributed by atoms with van der Waals surface area (Å²) >= 11 is 9.37. The highest BCUT2D eigenvalue weighted by Crippen LogP contribution is 2.21. The second-order valence-electron chi connectivity index (χ2n) is 3.81. The Morgan fingerprint density at radius 3 is 2.79 bits per heavy atom. The van der Waals surface area contributed by atoms with E-state index in [2.05, 4.69) is 21.2 Å². The number of methoxy groups -OCH3 is 1. The Morgan fingerprint density at radius 1 is 1.58 bits per heavy atom. The SMILES string of the molecule is COC(CN)CC(=O)NCc1ccc(Br)cc1Cl.Cl. The molecule has 1 atom stereocenters. The third-order valence-corrected chi connectivity index (χ3v) is 3.35. The number of carbonyl (C=O) groups is 1. The number of ether oxygens (including phenoxy) is 1. The molecule has 19 heavy (non-hydrogen) atoms. The maximum absolute atomic E-state index is 11.6. The van der Waals surface area contributed by atoms with Gasteiger partial charge < -0.3 is 15.8 Å². The van der Waals surface area contributed by atoms with Gasteiger partial charge in [-0.25, -0.2) is 0 Å². The van der Waals surface area contributed by atoms with E-state index in [0.717, 1.165) is 10.0 Å². The molecule has 0 saturated carbocycles. The van der Waals surface area contributed by atoms with Gasteiger partial charge in [0.25, 0.3) is 0 Å². The molecule has 1 unspecified atom stereocenters. The standard InChI is InChI=1S/C12H16BrClN2O2.ClH/c1-18-10(6-15)5-12(17)16-7-8-2-3-9(13)4-11(8)14;/h2-4,10H,5-7,15H2,1H3,(H,16,17);1H. The van der Waals surface area contributed by atoms with Crippen LogP contribution in [0.25, 0.3) is 0 Å². The fourth-order valence-electron chi connectivity index (χ4n) is 1.40. The lowest BCUT2D eigenvalue weighted by Gasteiger charge is -2.13. The first-order chi connectivity index (χ1) is 8.56. The van der Waals surface area contributed by atoms with Crippen LogP contribution in [0.1, 0.15) is 12.0 Å². The Hall–Kier alpha value is -0.330. The summed E-state index contributed by atoms with van der Waals surface area (Å²) in [5.41, 5.74) is 6.32. The molecule has 0 aromatic heterocycles. The summed E-state index contributed by atoms with van der Waals surface area (Å²) in [6.07, 6.45) is 0.00613. The van der Waals surface area contributed by atoms with Crippen LogP contribution >= 0.6 is 39.9 Å². The van der Waals surface area contributed by atoms with Crippen molar-refractivity contribution in [3.8, 4) is 0 Å². The number of carbonyl (C=O) groups excluding carboxylic acids is 1. The lowest BCUT2D eigenvalue weighted by atomic mass is 10.2. The van der Waals surface area contributed by atoms with Crippen molar-refractivity contribution < 1.29 is 9.53 Å². The minimum absolute atomic E-state index is 0. The van der Waals surface area contributed by atoms with E-state index in [-0.39, 0.29) is 30.8 Å². The van der Waals surface area contributed by atoms with Crippen LogP contribution in [-0.2, 0) is 16.1 Å². The molecule has 0 radical (unpaired) electrons. The summed E-state index contributed by atoms with van der Waals surface area (Å²) in [5, 5.41) is 3.40. The van der Waals surface area contributed by atoms with Gasteiger partial charge in [-0.2, -0.15) is 0 Å². The topological polar surface area (TPSA) is 64.3 Å². The molecule has 4 nitrogen and oxygen atoms in total. The molecule has 0 aliphatic heterocycles. The van der Waals surface area contributed by atoms with Crippen molar-refractivity contribution in [2.75, 3.05) is 13.7 Å². The molecule has 0 heterocycles. The van der Waals surface area contributed by atoms with Crippen LogP contribution in [0.2, 0.25) is 5.02 Å². The Labute approximate surface area is 132 Å². The van der Waals surface area contributed by atoms with E-state index in [0.29, 0.717) is 18.1 Å². The monoisotopic (exact) mass is 370 g/mol. The van der Waals surface area contributed by atoms with Crippen molar-refractivity contribution in [2.45, 2.75) is 19.1 Å². The summed E-state index contributed by atoms with van der Waals surface area (Å²) in [7, 11) is 1.54. The van der Waals surface area contributed by atoms with E-state index in [4.69, 9.17) is 22.1 Å². The predicted octanol–water partition coefficient (Wildman–Crippen LogP) is 2.50. The van der Waals surface area contributed by atoms with E-state index in [9.17, 15) is 4.79 Å². The van der Waals surface area contributed by atoms with Crippen LogP contribution in [0.4, 0.5) is 0 Å². The Kier molecular flexibility index (Phi) is 9.39. The van der Waals surface area contributed by atoms with E-state index >= 15 is 0 Å². The first kappa shape index (κ1) is 18.7. The largest absolute Gasteiger partial charge is 0.380 e. The molecule has 1 amide bonds. The van der Waals surface area contributed by atoms with E-state index in [1.54, 1.807) is 6.07 Å². The first-order valence-corrected chi connectivity index (χ1v) is 6.67. The molecule has 1 aromatic rings. The normalized spacial score (nSPS) is 11.6. The number of hydrogen-bond donors (Lipinski definition) is 2. The van der Waals surface area contributed by atoms with Crippen molar-refractivity contribution >= 4 is 45.8 Å². The minimum Gasteiger partial charge on any atom is -0.380 e. The zero-order chi connectivity index (χ0) is 13.5. The molecule has 0 saturated heterocycles. The lowest BCUT2D eigenvalue weighted by molar-refractivity contribution is -0.123. The second-order valence-corrected chi connectivity index (χ2v) is 5.13. The zero-order valence-corrected chi connectivity index (χ0v) is 13.6. The van der Waals surface area contributed by atoms with E-state index in [1.165, 1.54) is 7.11 Å². The van der Waals surface area contributed by atoms with Gasteiger partial charge in [-0.1, -0.05) is 33.6 Å². The summed E-state index contributed by atoms with van der Waals surface area (Å²) in [6, 6.07) is 5.54. The fourth-order valence-corrected chi connectivity index (χ4v) is 2.14. The number of nitrogens with two attached hydrogens (primary N) is 1. The fraction of sp³-hybridized carbons (Fsp3) is 0.417. The van der Waals surface area contributed by atoms with Crippen LogP contribution < -0.4 is 11.1 Å². The van der Waals surface area contributed by atoms with Gasteiger partial charge in [-0.05, 0) is 17.7 Å². The molecule has 0 fully saturated rings. The van der Waals surface area contributed by atoms with Crippen molar-refractivity contribution in [2.24, 2.45) is 5.73 Å². The Bertz CT molecular complexity index is 415. The second kappa shape index (κ2) is 9.55. The summed E-state index contributed by atoms with van der Waals surface area (Å²) in [5.74, 6) is -0.105. The average Bonchev–Trinajstić information content (AvgIpc) is 2.35. The van der Waals surface area contributed by atoms with E-state index in [1.807, 2.05) is 12.1 Å². The highest BCUT2D eigenvalue weighted by molar-refractivity contribution is 9.10. The lowest BCUT2D eigenvalue weighted by Crippen LogP contribution is -2.31. The van der Waals surface area contributed by atoms with Gasteiger partial charge >= 0.3 is 0 Å². The summed E-state index contributed by atoms with van der Waals surface area (Å²) in [6.45, 7) is 0.717. The summed E-state index contributed by atoms with van der Waals surface area (Å²) in [4.78, 5) is 11.6. The average molecular weight is 372 g/mol. The van der Waals surface area contributed by atoms with Crippen molar-refractivity contribution in [3.05, 3.63) is 33.3 Å². The molecule has 3 N–H and O–H groups in total. The number of benzene rings is 1. The molecule has 0 aliphatic carbocycles. The number of rotatable bonds is 6. The van der Waals surface area contributed by atoms with Crippen LogP contribution in [0, 0.1) is 0 Å². The zero-order valence-electron chi connectivity index (χ0n) is 10.5. The number of nitrogens with one attached hydrogen (secondary N) is 1. The maximum atomic E-state index is 11.6. The predicted molar refractivity (Wildman–Crippen MR) is 82.7 cm³/mol. The quantitative estimate of drug-likeness (QED) is 0.807.